The van der Waals surface area contributed by atoms with Crippen molar-refractivity contribution >= 4 is 29.5 Å². The van der Waals surface area contributed by atoms with Gasteiger partial charge in [-0.3, -0.25) is 0 Å². The maximum absolute atomic E-state index is 11.5. The Morgan fingerprint density at radius 1 is 1.56 bits per heavy atom. The smallest absolute Gasteiger partial charge is 0.336 e. The second-order valence-corrected chi connectivity index (χ2v) is 7.06. The molecule has 1 unspecified atom stereocenters. The number of carbonyl (C=O) groups excluding carboxylic acids is 1. The zero-order chi connectivity index (χ0) is 12.2. The summed E-state index contributed by atoms with van der Waals surface area (Å²) < 4.78 is 4.47. The van der Waals surface area contributed by atoms with Crippen LogP contribution in [0, 0.1) is 0 Å². The van der Waals surface area contributed by atoms with E-state index in [1.54, 1.807) is 30.4 Å². The van der Waals surface area contributed by atoms with Crippen LogP contribution in [0.25, 0.3) is 0 Å². The predicted molar refractivity (Wildman–Crippen MR) is 69.7 cm³/mol. The van der Waals surface area contributed by atoms with E-state index >= 15 is 0 Å². The zero-order valence-corrected chi connectivity index (χ0v) is 11.3. The van der Waals surface area contributed by atoms with Gasteiger partial charge in [0.15, 0.2) is 0 Å². The molecule has 0 aromatic rings. The van der Waals surface area contributed by atoms with Crippen LogP contribution in [0.2, 0.25) is 0 Å². The summed E-state index contributed by atoms with van der Waals surface area (Å²) in [5, 5.41) is 10.2. The highest BCUT2D eigenvalue weighted by Gasteiger charge is 2.39. The normalized spacial score (nSPS) is 21.2. The van der Waals surface area contributed by atoms with Crippen LogP contribution in [0.4, 0.5) is 0 Å². The van der Waals surface area contributed by atoms with Gasteiger partial charge in [0.25, 0.3) is 0 Å². The Morgan fingerprint density at radius 3 is 2.62 bits per heavy atom. The van der Waals surface area contributed by atoms with Crippen molar-refractivity contribution in [3.05, 3.63) is 12.2 Å². The maximum Gasteiger partial charge on any atom is 0.336 e. The summed E-state index contributed by atoms with van der Waals surface area (Å²) in [5.41, 5.74) is 0.159. The summed E-state index contributed by atoms with van der Waals surface area (Å²) in [5.74, 6) is 1.52. The minimum Gasteiger partial charge on any atom is -0.463 e. The summed E-state index contributed by atoms with van der Waals surface area (Å²) in [6.45, 7) is 7.64. The van der Waals surface area contributed by atoms with Gasteiger partial charge in [0.2, 0.25) is 0 Å². The van der Waals surface area contributed by atoms with Crippen molar-refractivity contribution in [3.8, 4) is 0 Å². The van der Waals surface area contributed by atoms with Crippen molar-refractivity contribution < 1.29 is 14.6 Å². The molecule has 3 nitrogen and oxygen atoms in total. The third-order valence-corrected chi connectivity index (χ3v) is 5.72. The molecule has 0 spiro atoms. The molecule has 5 heteroatoms. The summed E-state index contributed by atoms with van der Waals surface area (Å²) in [6.07, 6.45) is 0.297. The Kier molecular flexibility index (Phi) is 5.21. The third-order valence-electron chi connectivity index (χ3n) is 2.43. The van der Waals surface area contributed by atoms with E-state index in [0.29, 0.717) is 6.61 Å². The lowest BCUT2D eigenvalue weighted by Gasteiger charge is -2.36. The van der Waals surface area contributed by atoms with Crippen LogP contribution >= 0.6 is 23.5 Å². The van der Waals surface area contributed by atoms with Crippen molar-refractivity contribution in [2.75, 3.05) is 18.1 Å². The van der Waals surface area contributed by atoms with E-state index in [0.717, 1.165) is 17.9 Å². The lowest BCUT2D eigenvalue weighted by molar-refractivity contribution is -0.139. The highest BCUT2D eigenvalue weighted by molar-refractivity contribution is 8.18. The van der Waals surface area contributed by atoms with Gasteiger partial charge in [-0.15, -0.1) is 23.5 Å². The van der Waals surface area contributed by atoms with Crippen molar-refractivity contribution in [1.29, 1.82) is 0 Å². The molecule has 0 aromatic carbocycles. The first-order valence-corrected chi connectivity index (χ1v) is 7.30. The molecule has 1 saturated heterocycles. The predicted octanol–water partition coefficient (Wildman–Crippen LogP) is 2.05. The van der Waals surface area contributed by atoms with Gasteiger partial charge in [-0.25, -0.2) is 4.79 Å². The Balaban J connectivity index is 2.64. The first-order chi connectivity index (χ1) is 7.51. The van der Waals surface area contributed by atoms with Gasteiger partial charge in [-0.05, 0) is 31.8 Å². The molecular weight excluding hydrogens is 244 g/mol. The highest BCUT2D eigenvalue weighted by atomic mass is 32.2. The van der Waals surface area contributed by atoms with Crippen LogP contribution in [0.15, 0.2) is 12.2 Å². The largest absolute Gasteiger partial charge is 0.463 e. The fourth-order valence-electron chi connectivity index (χ4n) is 1.46. The number of aliphatic hydroxyl groups is 1. The van der Waals surface area contributed by atoms with Crippen LogP contribution in [-0.2, 0) is 9.53 Å². The Morgan fingerprint density at radius 2 is 2.12 bits per heavy atom. The van der Waals surface area contributed by atoms with Crippen LogP contribution in [0.5, 0.6) is 0 Å². The lowest BCUT2D eigenvalue weighted by Crippen LogP contribution is -2.39. The van der Waals surface area contributed by atoms with Gasteiger partial charge in [0, 0.05) is 0 Å². The number of esters is 1. The molecule has 1 fully saturated rings. The van der Waals surface area contributed by atoms with Crippen molar-refractivity contribution in [2.45, 2.75) is 30.5 Å². The first-order valence-electron chi connectivity index (χ1n) is 5.33. The van der Waals surface area contributed by atoms with Crippen molar-refractivity contribution in [2.24, 2.45) is 0 Å². The summed E-state index contributed by atoms with van der Waals surface area (Å²) in [7, 11) is 0. The molecule has 16 heavy (non-hydrogen) atoms. The molecule has 1 N–H and O–H groups in total. The molecule has 1 aliphatic rings. The standard InChI is InChI=1S/C11H18O3S2/c1-4-14-10(13)8(2)9(12)11(3)15-6-5-7-16-11/h9,12H,2,4-7H2,1,3H3. The minimum absolute atomic E-state index is 0.159. The van der Waals surface area contributed by atoms with E-state index in [1.165, 1.54) is 0 Å². The number of ether oxygens (including phenoxy) is 1. The number of hydrogen-bond acceptors (Lipinski definition) is 5. The Labute approximate surface area is 105 Å². The zero-order valence-electron chi connectivity index (χ0n) is 9.69. The van der Waals surface area contributed by atoms with Gasteiger partial charge in [-0.2, -0.15) is 0 Å². The lowest BCUT2D eigenvalue weighted by atomic mass is 10.1. The molecule has 0 bridgehead atoms. The Bertz CT molecular complexity index is 272. The van der Waals surface area contributed by atoms with Gasteiger partial charge >= 0.3 is 5.97 Å². The molecule has 92 valence electrons. The number of hydrogen-bond donors (Lipinski definition) is 1. The number of aliphatic hydroxyl groups excluding tert-OH is 1. The molecule has 0 aromatic heterocycles. The van der Waals surface area contributed by atoms with Crippen LogP contribution in [0.3, 0.4) is 0 Å². The molecule has 0 amide bonds. The molecule has 0 aliphatic carbocycles. The average molecular weight is 262 g/mol. The SMILES string of the molecule is C=C(C(=O)OCC)C(O)C1(C)SCCCS1. The van der Waals surface area contributed by atoms with Crippen LogP contribution in [0.1, 0.15) is 20.3 Å². The monoisotopic (exact) mass is 262 g/mol. The fraction of sp³-hybridized carbons (Fsp3) is 0.727. The second kappa shape index (κ2) is 5.98. The second-order valence-electron chi connectivity index (χ2n) is 3.71. The quantitative estimate of drug-likeness (QED) is 0.620. The van der Waals surface area contributed by atoms with E-state index in [1.807, 2.05) is 6.92 Å². The number of thioether (sulfide) groups is 2. The fourth-order valence-corrected chi connectivity index (χ4v) is 4.46. The van der Waals surface area contributed by atoms with Gasteiger partial charge in [0.1, 0.15) is 6.10 Å². The number of carbonyl (C=O) groups is 1. The van der Waals surface area contributed by atoms with E-state index < -0.39 is 12.1 Å². The summed E-state index contributed by atoms with van der Waals surface area (Å²) >= 11 is 3.36. The molecule has 0 radical (unpaired) electrons. The molecule has 1 aliphatic heterocycles. The van der Waals surface area contributed by atoms with Gasteiger partial charge in [0.05, 0.1) is 16.3 Å². The maximum atomic E-state index is 11.5. The summed E-state index contributed by atoms with van der Waals surface area (Å²) in [4.78, 5) is 11.5. The highest BCUT2D eigenvalue weighted by Crippen LogP contribution is 2.45. The average Bonchev–Trinajstić information content (AvgIpc) is 2.28. The van der Waals surface area contributed by atoms with E-state index in [4.69, 9.17) is 4.74 Å². The molecule has 1 atom stereocenters. The van der Waals surface area contributed by atoms with Crippen LogP contribution in [-0.4, -0.2) is 39.4 Å². The molecular formula is C11H18O3S2. The molecule has 0 saturated carbocycles. The molecule has 1 rings (SSSR count). The Hall–Kier alpha value is -0.130. The van der Waals surface area contributed by atoms with Gasteiger partial charge in [-0.1, -0.05) is 6.58 Å². The topological polar surface area (TPSA) is 46.5 Å². The van der Waals surface area contributed by atoms with Crippen molar-refractivity contribution in [3.63, 3.8) is 0 Å². The van der Waals surface area contributed by atoms with E-state index in [2.05, 4.69) is 6.58 Å². The summed E-state index contributed by atoms with van der Waals surface area (Å²) in [6, 6.07) is 0. The van der Waals surface area contributed by atoms with Crippen LogP contribution < -0.4 is 0 Å². The van der Waals surface area contributed by atoms with E-state index in [9.17, 15) is 9.90 Å². The van der Waals surface area contributed by atoms with E-state index in [-0.39, 0.29) is 9.65 Å². The van der Waals surface area contributed by atoms with Crippen molar-refractivity contribution in [1.82, 2.24) is 0 Å². The minimum atomic E-state index is -0.846. The van der Waals surface area contributed by atoms with Gasteiger partial charge < -0.3 is 9.84 Å². The molecule has 1 heterocycles. The third kappa shape index (κ3) is 3.18. The first kappa shape index (κ1) is 13.9. The number of rotatable bonds is 4.